The fraction of sp³-hybridized carbons (Fsp3) is 0.231. The fourth-order valence-corrected chi connectivity index (χ4v) is 3.06. The van der Waals surface area contributed by atoms with Crippen molar-refractivity contribution in [2.75, 3.05) is 0 Å². The lowest BCUT2D eigenvalue weighted by Crippen LogP contribution is -1.99. The molecule has 0 saturated heterocycles. The van der Waals surface area contributed by atoms with Crippen molar-refractivity contribution >= 4 is 43.5 Å². The first kappa shape index (κ1) is 14.4. The van der Waals surface area contributed by atoms with Crippen molar-refractivity contribution in [1.29, 1.82) is 0 Å². The molecule has 1 saturated carbocycles. The van der Waals surface area contributed by atoms with Gasteiger partial charge in [-0.25, -0.2) is 18.7 Å². The molecular weight excluding hydrogens is 417 g/mol. The van der Waals surface area contributed by atoms with E-state index >= 15 is 0 Å². The van der Waals surface area contributed by atoms with Crippen LogP contribution >= 0.6 is 43.5 Å². The highest BCUT2D eigenvalue weighted by atomic mass is 79.9. The molecule has 1 heterocycles. The van der Waals surface area contributed by atoms with Crippen molar-refractivity contribution in [1.82, 2.24) is 9.97 Å². The third-order valence-corrected chi connectivity index (χ3v) is 5.14. The molecule has 3 rings (SSSR count). The van der Waals surface area contributed by atoms with Crippen molar-refractivity contribution in [3.8, 4) is 11.4 Å². The van der Waals surface area contributed by atoms with Crippen LogP contribution in [0.1, 0.15) is 24.5 Å². The quantitative estimate of drug-likeness (QED) is 0.471. The lowest BCUT2D eigenvalue weighted by Gasteiger charge is -2.09. The molecule has 2 nitrogen and oxygen atoms in total. The van der Waals surface area contributed by atoms with E-state index in [1.807, 2.05) is 0 Å². The SMILES string of the molecule is Fc1ccc(-c2nc(Cl)c(Br)c(C3CC3)n2)c(Br)c1F. The summed E-state index contributed by atoms with van der Waals surface area (Å²) in [7, 11) is 0. The minimum Gasteiger partial charge on any atom is -0.231 e. The maximum atomic E-state index is 13.6. The largest absolute Gasteiger partial charge is 0.231 e. The number of halogens is 5. The van der Waals surface area contributed by atoms with Crippen LogP contribution < -0.4 is 0 Å². The molecule has 0 N–H and O–H groups in total. The maximum Gasteiger partial charge on any atom is 0.173 e. The smallest absolute Gasteiger partial charge is 0.173 e. The van der Waals surface area contributed by atoms with Gasteiger partial charge in [0.15, 0.2) is 17.5 Å². The van der Waals surface area contributed by atoms with Gasteiger partial charge in [0.1, 0.15) is 5.15 Å². The summed E-state index contributed by atoms with van der Waals surface area (Å²) in [6.45, 7) is 0. The molecule has 20 heavy (non-hydrogen) atoms. The molecule has 7 heteroatoms. The van der Waals surface area contributed by atoms with Crippen molar-refractivity contribution in [3.05, 3.63) is 43.6 Å². The molecule has 0 atom stereocenters. The van der Waals surface area contributed by atoms with E-state index in [-0.39, 0.29) is 15.5 Å². The van der Waals surface area contributed by atoms with Crippen LogP contribution in [-0.2, 0) is 0 Å². The second-order valence-corrected chi connectivity index (χ2v) is 6.48. The number of benzene rings is 1. The van der Waals surface area contributed by atoms with Crippen LogP contribution in [0.25, 0.3) is 11.4 Å². The van der Waals surface area contributed by atoms with Crippen LogP contribution in [0.5, 0.6) is 0 Å². The Morgan fingerprint density at radius 2 is 1.80 bits per heavy atom. The summed E-state index contributed by atoms with van der Waals surface area (Å²) in [5, 5.41) is 0.272. The van der Waals surface area contributed by atoms with E-state index in [1.54, 1.807) is 0 Å². The van der Waals surface area contributed by atoms with Crippen LogP contribution in [0.3, 0.4) is 0 Å². The lowest BCUT2D eigenvalue weighted by molar-refractivity contribution is 0.504. The predicted molar refractivity (Wildman–Crippen MR) is 79.8 cm³/mol. The van der Waals surface area contributed by atoms with Gasteiger partial charge in [-0.3, -0.25) is 0 Å². The van der Waals surface area contributed by atoms with Gasteiger partial charge in [-0.15, -0.1) is 0 Å². The molecule has 2 aromatic rings. The van der Waals surface area contributed by atoms with Crippen LogP contribution in [0, 0.1) is 11.6 Å². The molecule has 0 unspecified atom stereocenters. The van der Waals surface area contributed by atoms with E-state index in [1.165, 1.54) is 6.07 Å². The Balaban J connectivity index is 2.18. The van der Waals surface area contributed by atoms with E-state index in [0.29, 0.717) is 16.0 Å². The van der Waals surface area contributed by atoms with Crippen molar-refractivity contribution < 1.29 is 8.78 Å². The molecule has 1 aromatic carbocycles. The monoisotopic (exact) mass is 422 g/mol. The van der Waals surface area contributed by atoms with Crippen molar-refractivity contribution in [2.45, 2.75) is 18.8 Å². The number of nitrogens with zero attached hydrogens (tertiary/aromatic N) is 2. The van der Waals surface area contributed by atoms with E-state index in [9.17, 15) is 8.78 Å². The maximum absolute atomic E-state index is 13.6. The van der Waals surface area contributed by atoms with Gasteiger partial charge in [-0.05, 0) is 56.8 Å². The Hall–Kier alpha value is -0.590. The molecule has 0 radical (unpaired) electrons. The molecule has 104 valence electrons. The Bertz CT molecular complexity index is 705. The van der Waals surface area contributed by atoms with Crippen LogP contribution in [0.4, 0.5) is 8.78 Å². The molecule has 0 spiro atoms. The number of aromatic nitrogens is 2. The minimum atomic E-state index is -0.960. The zero-order valence-corrected chi connectivity index (χ0v) is 13.9. The summed E-state index contributed by atoms with van der Waals surface area (Å²) in [6.07, 6.45) is 2.09. The average Bonchev–Trinajstić information content (AvgIpc) is 3.24. The lowest BCUT2D eigenvalue weighted by atomic mass is 10.2. The van der Waals surface area contributed by atoms with Crippen LogP contribution in [0.15, 0.2) is 21.1 Å². The van der Waals surface area contributed by atoms with E-state index in [4.69, 9.17) is 11.6 Å². The minimum absolute atomic E-state index is 0.00219. The van der Waals surface area contributed by atoms with Gasteiger partial charge in [0, 0.05) is 11.5 Å². The first-order valence-corrected chi connectivity index (χ1v) is 7.82. The standard InChI is InChI=1S/C13H7Br2ClF2N2/c14-8-6(3-4-7(17)10(8)18)13-19-11(5-1-2-5)9(15)12(16)20-13/h3-5H,1-2H2. The fourth-order valence-electron chi connectivity index (χ4n) is 1.88. The summed E-state index contributed by atoms with van der Waals surface area (Å²) in [6, 6.07) is 2.48. The Morgan fingerprint density at radius 1 is 1.10 bits per heavy atom. The molecule has 1 fully saturated rings. The molecule has 1 aliphatic carbocycles. The number of hydrogen-bond donors (Lipinski definition) is 0. The van der Waals surface area contributed by atoms with Gasteiger partial charge in [0.2, 0.25) is 0 Å². The summed E-state index contributed by atoms with van der Waals surface area (Å²) in [4.78, 5) is 8.57. The third-order valence-electron chi connectivity index (χ3n) is 3.08. The van der Waals surface area contributed by atoms with Gasteiger partial charge < -0.3 is 0 Å². The Labute approximate surface area is 135 Å². The molecule has 0 amide bonds. The third kappa shape index (κ3) is 2.49. The van der Waals surface area contributed by atoms with Gasteiger partial charge in [0.05, 0.1) is 14.6 Å². The second-order valence-electron chi connectivity index (χ2n) is 4.53. The van der Waals surface area contributed by atoms with E-state index < -0.39 is 11.6 Å². The zero-order chi connectivity index (χ0) is 14.4. The van der Waals surface area contributed by atoms with Crippen LogP contribution in [0.2, 0.25) is 5.15 Å². The zero-order valence-electron chi connectivity index (χ0n) is 9.93. The van der Waals surface area contributed by atoms with Gasteiger partial charge in [-0.2, -0.15) is 0 Å². The summed E-state index contributed by atoms with van der Waals surface area (Å²) in [5.41, 5.74) is 1.19. The first-order valence-electron chi connectivity index (χ1n) is 5.86. The van der Waals surface area contributed by atoms with Crippen molar-refractivity contribution in [3.63, 3.8) is 0 Å². The second kappa shape index (κ2) is 5.31. The Kier molecular flexibility index (Phi) is 3.81. The van der Waals surface area contributed by atoms with E-state index in [2.05, 4.69) is 41.8 Å². The van der Waals surface area contributed by atoms with Gasteiger partial charge >= 0.3 is 0 Å². The Morgan fingerprint density at radius 3 is 2.45 bits per heavy atom. The van der Waals surface area contributed by atoms with Gasteiger partial charge in [0.25, 0.3) is 0 Å². The highest BCUT2D eigenvalue weighted by Crippen LogP contribution is 2.44. The summed E-state index contributed by atoms with van der Waals surface area (Å²) in [5.74, 6) is -1.25. The highest BCUT2D eigenvalue weighted by molar-refractivity contribution is 9.11. The molecule has 1 aliphatic rings. The molecule has 1 aromatic heterocycles. The highest BCUT2D eigenvalue weighted by Gasteiger charge is 2.29. The molecular formula is C13H7Br2ClF2N2. The summed E-state index contributed by atoms with van der Waals surface area (Å²) < 4.78 is 27.4. The predicted octanol–water partition coefficient (Wildman–Crippen LogP) is 5.48. The molecule has 0 aliphatic heterocycles. The normalized spacial score (nSPS) is 14.7. The first-order chi connectivity index (χ1) is 9.49. The van der Waals surface area contributed by atoms with Gasteiger partial charge in [-0.1, -0.05) is 11.6 Å². The molecule has 0 bridgehead atoms. The summed E-state index contributed by atoms with van der Waals surface area (Å²) >= 11 is 12.5. The average molecular weight is 424 g/mol. The van der Waals surface area contributed by atoms with Crippen molar-refractivity contribution in [2.24, 2.45) is 0 Å². The number of rotatable bonds is 2. The van der Waals surface area contributed by atoms with E-state index in [0.717, 1.165) is 24.6 Å². The van der Waals surface area contributed by atoms with Crippen LogP contribution in [-0.4, -0.2) is 9.97 Å². The topological polar surface area (TPSA) is 25.8 Å². The number of hydrogen-bond acceptors (Lipinski definition) is 2.